The summed E-state index contributed by atoms with van der Waals surface area (Å²) in [4.78, 5) is 0. The van der Waals surface area contributed by atoms with Crippen LogP contribution in [-0.2, 0) is 19.5 Å². The second-order valence-corrected chi connectivity index (χ2v) is 4.89. The molecule has 3 nitrogen and oxygen atoms in total. The molecule has 0 amide bonds. The van der Waals surface area contributed by atoms with E-state index >= 15 is 0 Å². The summed E-state index contributed by atoms with van der Waals surface area (Å²) in [6, 6.07) is 2.21. The predicted molar refractivity (Wildman–Crippen MR) is 68.5 cm³/mol. The Bertz CT molecular complexity index is 326. The molecule has 0 atom stereocenters. The molecule has 0 radical (unpaired) electrons. The molecule has 0 aliphatic carbocycles. The fraction of sp³-hybridized carbons (Fsp3) is 0.769. The van der Waals surface area contributed by atoms with Gasteiger partial charge in [0.1, 0.15) is 0 Å². The number of hydrogen-bond donors (Lipinski definition) is 1. The summed E-state index contributed by atoms with van der Waals surface area (Å²) in [5, 5.41) is 8.13. The summed E-state index contributed by atoms with van der Waals surface area (Å²) in [6.45, 7) is 12.8. The second-order valence-electron chi connectivity index (χ2n) is 4.89. The van der Waals surface area contributed by atoms with E-state index in [1.165, 1.54) is 11.4 Å². The normalized spacial score (nSPS) is 12.1. The Labute approximate surface area is 99.2 Å². The highest BCUT2D eigenvalue weighted by molar-refractivity contribution is 5.10. The van der Waals surface area contributed by atoms with Crippen LogP contribution in [-0.4, -0.2) is 15.3 Å². The first-order valence-electron chi connectivity index (χ1n) is 6.33. The SMILES string of the molecule is CCc1cc(CNC(C)(C)CC)n(CC)n1. The third-order valence-electron chi connectivity index (χ3n) is 3.21. The van der Waals surface area contributed by atoms with E-state index in [0.717, 1.165) is 25.9 Å². The van der Waals surface area contributed by atoms with Gasteiger partial charge in [-0.05, 0) is 39.7 Å². The molecule has 0 aliphatic rings. The number of rotatable bonds is 6. The van der Waals surface area contributed by atoms with Gasteiger partial charge in [-0.2, -0.15) is 5.10 Å². The Kier molecular flexibility index (Phi) is 4.54. The Morgan fingerprint density at radius 2 is 2.00 bits per heavy atom. The molecule has 0 saturated heterocycles. The molecule has 0 aliphatic heterocycles. The molecule has 1 rings (SSSR count). The van der Waals surface area contributed by atoms with Gasteiger partial charge in [0.05, 0.1) is 11.4 Å². The van der Waals surface area contributed by atoms with E-state index < -0.39 is 0 Å². The third-order valence-corrected chi connectivity index (χ3v) is 3.21. The molecule has 0 saturated carbocycles. The molecule has 0 bridgehead atoms. The Morgan fingerprint density at radius 3 is 2.50 bits per heavy atom. The lowest BCUT2D eigenvalue weighted by molar-refractivity contribution is 0.367. The van der Waals surface area contributed by atoms with Crippen molar-refractivity contribution < 1.29 is 0 Å². The average Bonchev–Trinajstić information content (AvgIpc) is 2.69. The van der Waals surface area contributed by atoms with E-state index in [9.17, 15) is 0 Å². The van der Waals surface area contributed by atoms with Crippen LogP contribution >= 0.6 is 0 Å². The van der Waals surface area contributed by atoms with Crippen LogP contribution < -0.4 is 5.32 Å². The first-order chi connectivity index (χ1) is 7.52. The van der Waals surface area contributed by atoms with Crippen molar-refractivity contribution >= 4 is 0 Å². The van der Waals surface area contributed by atoms with Crippen LogP contribution in [0.5, 0.6) is 0 Å². The molecule has 1 heterocycles. The quantitative estimate of drug-likeness (QED) is 0.803. The second kappa shape index (κ2) is 5.48. The largest absolute Gasteiger partial charge is 0.306 e. The number of aromatic nitrogens is 2. The van der Waals surface area contributed by atoms with E-state index in [2.05, 4.69) is 55.8 Å². The van der Waals surface area contributed by atoms with Gasteiger partial charge < -0.3 is 5.32 Å². The van der Waals surface area contributed by atoms with Crippen molar-refractivity contribution in [2.45, 2.75) is 66.1 Å². The molecule has 1 aromatic rings. The maximum atomic E-state index is 4.55. The molecule has 1 N–H and O–H groups in total. The van der Waals surface area contributed by atoms with Gasteiger partial charge >= 0.3 is 0 Å². The van der Waals surface area contributed by atoms with Crippen LogP contribution in [0.1, 0.15) is 52.4 Å². The molecule has 16 heavy (non-hydrogen) atoms. The summed E-state index contributed by atoms with van der Waals surface area (Å²) in [7, 11) is 0. The highest BCUT2D eigenvalue weighted by Crippen LogP contribution is 2.10. The van der Waals surface area contributed by atoms with Gasteiger partial charge in [-0.25, -0.2) is 0 Å². The highest BCUT2D eigenvalue weighted by Gasteiger charge is 2.15. The summed E-state index contributed by atoms with van der Waals surface area (Å²) >= 11 is 0. The van der Waals surface area contributed by atoms with Gasteiger partial charge in [-0.3, -0.25) is 4.68 Å². The molecule has 3 heteroatoms. The van der Waals surface area contributed by atoms with E-state index in [1.807, 2.05) is 0 Å². The minimum absolute atomic E-state index is 0.204. The number of hydrogen-bond acceptors (Lipinski definition) is 2. The van der Waals surface area contributed by atoms with Crippen LogP contribution in [0, 0.1) is 0 Å². The van der Waals surface area contributed by atoms with Crippen molar-refractivity contribution in [3.05, 3.63) is 17.5 Å². The minimum Gasteiger partial charge on any atom is -0.306 e. The molecule has 0 aromatic carbocycles. The highest BCUT2D eigenvalue weighted by atomic mass is 15.3. The third kappa shape index (κ3) is 3.34. The van der Waals surface area contributed by atoms with Crippen LogP contribution in [0.15, 0.2) is 6.07 Å². The number of nitrogens with zero attached hydrogens (tertiary/aromatic N) is 2. The fourth-order valence-electron chi connectivity index (χ4n) is 1.56. The van der Waals surface area contributed by atoms with Gasteiger partial charge in [0.25, 0.3) is 0 Å². The number of nitrogens with one attached hydrogen (secondary N) is 1. The lowest BCUT2D eigenvalue weighted by atomic mass is 10.0. The Balaban J connectivity index is 2.69. The molecule has 0 fully saturated rings. The van der Waals surface area contributed by atoms with Crippen molar-refractivity contribution in [2.24, 2.45) is 0 Å². The summed E-state index contributed by atoms with van der Waals surface area (Å²) in [5.74, 6) is 0. The van der Waals surface area contributed by atoms with Crippen molar-refractivity contribution in [3.63, 3.8) is 0 Å². The first kappa shape index (κ1) is 13.2. The van der Waals surface area contributed by atoms with Gasteiger partial charge in [0.2, 0.25) is 0 Å². The van der Waals surface area contributed by atoms with E-state index in [-0.39, 0.29) is 5.54 Å². The van der Waals surface area contributed by atoms with Crippen molar-refractivity contribution in [1.82, 2.24) is 15.1 Å². The van der Waals surface area contributed by atoms with Crippen LogP contribution in [0.3, 0.4) is 0 Å². The number of aryl methyl sites for hydroxylation is 2. The topological polar surface area (TPSA) is 29.9 Å². The zero-order valence-corrected chi connectivity index (χ0v) is 11.3. The average molecular weight is 223 g/mol. The van der Waals surface area contributed by atoms with E-state index in [1.54, 1.807) is 0 Å². The molecular formula is C13H25N3. The predicted octanol–water partition coefficient (Wildman–Crippen LogP) is 2.74. The van der Waals surface area contributed by atoms with Crippen molar-refractivity contribution in [3.8, 4) is 0 Å². The molecular weight excluding hydrogens is 198 g/mol. The summed E-state index contributed by atoms with van der Waals surface area (Å²) in [5.41, 5.74) is 2.68. The lowest BCUT2D eigenvalue weighted by Crippen LogP contribution is -2.38. The molecule has 1 aromatic heterocycles. The van der Waals surface area contributed by atoms with Gasteiger partial charge in [0.15, 0.2) is 0 Å². The van der Waals surface area contributed by atoms with Gasteiger partial charge in [0, 0.05) is 18.6 Å². The van der Waals surface area contributed by atoms with Crippen LogP contribution in [0.25, 0.3) is 0 Å². The van der Waals surface area contributed by atoms with Crippen LogP contribution in [0.4, 0.5) is 0 Å². The molecule has 0 spiro atoms. The molecule has 0 unspecified atom stereocenters. The first-order valence-corrected chi connectivity index (χ1v) is 6.33. The van der Waals surface area contributed by atoms with Crippen LogP contribution in [0.2, 0.25) is 0 Å². The maximum absolute atomic E-state index is 4.55. The summed E-state index contributed by atoms with van der Waals surface area (Å²) < 4.78 is 2.09. The van der Waals surface area contributed by atoms with Crippen molar-refractivity contribution in [2.75, 3.05) is 0 Å². The smallest absolute Gasteiger partial charge is 0.0625 e. The maximum Gasteiger partial charge on any atom is 0.0625 e. The fourth-order valence-corrected chi connectivity index (χ4v) is 1.56. The zero-order valence-electron chi connectivity index (χ0n) is 11.3. The van der Waals surface area contributed by atoms with E-state index in [4.69, 9.17) is 0 Å². The zero-order chi connectivity index (χ0) is 12.2. The van der Waals surface area contributed by atoms with Gasteiger partial charge in [-0.1, -0.05) is 13.8 Å². The Hall–Kier alpha value is -0.830. The van der Waals surface area contributed by atoms with Crippen molar-refractivity contribution in [1.29, 1.82) is 0 Å². The van der Waals surface area contributed by atoms with Gasteiger partial charge in [-0.15, -0.1) is 0 Å². The van der Waals surface area contributed by atoms with E-state index in [0.29, 0.717) is 0 Å². The molecule has 92 valence electrons. The standard InChI is InChI=1S/C13H25N3/c1-6-11-9-12(16(8-3)15-11)10-14-13(4,5)7-2/h9,14H,6-8,10H2,1-5H3. The Morgan fingerprint density at radius 1 is 1.31 bits per heavy atom. The monoisotopic (exact) mass is 223 g/mol. The minimum atomic E-state index is 0.204. The lowest BCUT2D eigenvalue weighted by Gasteiger charge is -2.24. The summed E-state index contributed by atoms with van der Waals surface area (Å²) in [6.07, 6.45) is 2.14.